The molecular weight excluding hydrogens is 228 g/mol. The van der Waals surface area contributed by atoms with E-state index >= 15 is 0 Å². The molecule has 2 N–H and O–H groups in total. The third-order valence-corrected chi connectivity index (χ3v) is 3.30. The molecule has 98 valence electrons. The SMILES string of the molecule is CC(C)CCC(N)c1ccc2c(c1)oc(=O)n2C. The smallest absolute Gasteiger partial charge is 0.408 e. The van der Waals surface area contributed by atoms with E-state index in [1.807, 2.05) is 18.2 Å². The van der Waals surface area contributed by atoms with Crippen molar-refractivity contribution in [2.45, 2.75) is 32.7 Å². The van der Waals surface area contributed by atoms with Gasteiger partial charge in [0.25, 0.3) is 0 Å². The average Bonchev–Trinajstić information content (AvgIpc) is 2.61. The fourth-order valence-corrected chi connectivity index (χ4v) is 2.06. The Hall–Kier alpha value is -1.55. The number of oxazole rings is 1. The van der Waals surface area contributed by atoms with Crippen LogP contribution in [-0.4, -0.2) is 4.57 Å². The van der Waals surface area contributed by atoms with E-state index in [0.29, 0.717) is 11.5 Å². The summed E-state index contributed by atoms with van der Waals surface area (Å²) in [6, 6.07) is 5.75. The number of fused-ring (bicyclic) bond motifs is 1. The standard InChI is InChI=1S/C14H20N2O2/c1-9(2)4-6-11(15)10-5-7-12-13(8-10)18-14(17)16(12)3/h5,7-9,11H,4,6,15H2,1-3H3. The highest BCUT2D eigenvalue weighted by Crippen LogP contribution is 2.22. The monoisotopic (exact) mass is 248 g/mol. The molecule has 0 saturated carbocycles. The highest BCUT2D eigenvalue weighted by atomic mass is 16.4. The summed E-state index contributed by atoms with van der Waals surface area (Å²) in [5.41, 5.74) is 8.59. The van der Waals surface area contributed by atoms with Crippen molar-refractivity contribution >= 4 is 11.1 Å². The number of aromatic nitrogens is 1. The molecule has 0 aliphatic heterocycles. The van der Waals surface area contributed by atoms with E-state index in [2.05, 4.69) is 13.8 Å². The lowest BCUT2D eigenvalue weighted by Gasteiger charge is -2.13. The third kappa shape index (κ3) is 2.48. The van der Waals surface area contributed by atoms with Crippen LogP contribution in [0.25, 0.3) is 11.1 Å². The molecule has 18 heavy (non-hydrogen) atoms. The van der Waals surface area contributed by atoms with Crippen molar-refractivity contribution in [1.29, 1.82) is 0 Å². The lowest BCUT2D eigenvalue weighted by atomic mass is 9.98. The molecule has 4 nitrogen and oxygen atoms in total. The quantitative estimate of drug-likeness (QED) is 0.904. The molecule has 4 heteroatoms. The zero-order valence-electron chi connectivity index (χ0n) is 11.1. The summed E-state index contributed by atoms with van der Waals surface area (Å²) in [7, 11) is 1.70. The normalized spacial score (nSPS) is 13.4. The largest absolute Gasteiger partial charge is 0.419 e. The number of nitrogens with zero attached hydrogens (tertiary/aromatic N) is 1. The fraction of sp³-hybridized carbons (Fsp3) is 0.500. The van der Waals surface area contributed by atoms with Crippen LogP contribution in [0.15, 0.2) is 27.4 Å². The summed E-state index contributed by atoms with van der Waals surface area (Å²) < 4.78 is 6.67. The van der Waals surface area contributed by atoms with Crippen LogP contribution in [0.1, 0.15) is 38.3 Å². The van der Waals surface area contributed by atoms with Gasteiger partial charge in [-0.3, -0.25) is 4.57 Å². The lowest BCUT2D eigenvalue weighted by molar-refractivity contribution is 0.505. The molecule has 0 bridgehead atoms. The lowest BCUT2D eigenvalue weighted by Crippen LogP contribution is -2.11. The average molecular weight is 248 g/mol. The zero-order valence-corrected chi connectivity index (χ0v) is 11.1. The summed E-state index contributed by atoms with van der Waals surface area (Å²) >= 11 is 0. The molecule has 1 atom stereocenters. The topological polar surface area (TPSA) is 61.2 Å². The van der Waals surface area contributed by atoms with Crippen LogP contribution >= 0.6 is 0 Å². The van der Waals surface area contributed by atoms with Gasteiger partial charge in [-0.15, -0.1) is 0 Å². The Morgan fingerprint density at radius 2 is 2.06 bits per heavy atom. The minimum atomic E-state index is -0.335. The number of rotatable bonds is 4. The van der Waals surface area contributed by atoms with Gasteiger partial charge in [-0.05, 0) is 36.5 Å². The molecule has 0 spiro atoms. The molecule has 2 rings (SSSR count). The molecule has 0 aliphatic rings. The summed E-state index contributed by atoms with van der Waals surface area (Å²) in [6.07, 6.45) is 2.04. The molecule has 0 radical (unpaired) electrons. The summed E-state index contributed by atoms with van der Waals surface area (Å²) in [5, 5.41) is 0. The van der Waals surface area contributed by atoms with E-state index in [0.717, 1.165) is 23.9 Å². The van der Waals surface area contributed by atoms with Gasteiger partial charge in [-0.25, -0.2) is 4.79 Å². The first-order valence-corrected chi connectivity index (χ1v) is 6.34. The second-order valence-electron chi connectivity index (χ2n) is 5.23. The number of hydrogen-bond donors (Lipinski definition) is 1. The first-order chi connectivity index (χ1) is 8.49. The molecule has 1 unspecified atom stereocenters. The van der Waals surface area contributed by atoms with Gasteiger partial charge in [0.2, 0.25) is 0 Å². The van der Waals surface area contributed by atoms with E-state index in [1.54, 1.807) is 7.05 Å². The Balaban J connectivity index is 2.27. The Labute approximate surface area is 106 Å². The number of benzene rings is 1. The van der Waals surface area contributed by atoms with Gasteiger partial charge in [0.15, 0.2) is 5.58 Å². The molecule has 1 heterocycles. The minimum Gasteiger partial charge on any atom is -0.408 e. The van der Waals surface area contributed by atoms with Crippen LogP contribution < -0.4 is 11.5 Å². The van der Waals surface area contributed by atoms with Gasteiger partial charge in [0.05, 0.1) is 5.52 Å². The van der Waals surface area contributed by atoms with Gasteiger partial charge in [-0.2, -0.15) is 0 Å². The molecule has 2 aromatic rings. The highest BCUT2D eigenvalue weighted by molar-refractivity contribution is 5.73. The van der Waals surface area contributed by atoms with Crippen LogP contribution in [0.5, 0.6) is 0 Å². The van der Waals surface area contributed by atoms with E-state index in [-0.39, 0.29) is 11.8 Å². The number of aryl methyl sites for hydroxylation is 1. The van der Waals surface area contributed by atoms with Crippen molar-refractivity contribution in [2.24, 2.45) is 18.7 Å². The van der Waals surface area contributed by atoms with Crippen molar-refractivity contribution in [3.8, 4) is 0 Å². The van der Waals surface area contributed by atoms with Crippen LogP contribution in [0, 0.1) is 5.92 Å². The molecule has 0 saturated heterocycles. The van der Waals surface area contributed by atoms with Gasteiger partial charge < -0.3 is 10.2 Å². The Bertz CT molecular complexity index is 595. The fourth-order valence-electron chi connectivity index (χ4n) is 2.06. The van der Waals surface area contributed by atoms with Crippen LogP contribution in [0.2, 0.25) is 0 Å². The highest BCUT2D eigenvalue weighted by Gasteiger charge is 2.11. The van der Waals surface area contributed by atoms with Gasteiger partial charge >= 0.3 is 5.76 Å². The molecule has 0 fully saturated rings. The summed E-state index contributed by atoms with van der Waals surface area (Å²) in [5.74, 6) is 0.312. The molecule has 0 amide bonds. The van der Waals surface area contributed by atoms with E-state index in [1.165, 1.54) is 4.57 Å². The molecule has 1 aromatic carbocycles. The van der Waals surface area contributed by atoms with Crippen molar-refractivity contribution in [3.05, 3.63) is 34.3 Å². The summed E-state index contributed by atoms with van der Waals surface area (Å²) in [6.45, 7) is 4.37. The zero-order chi connectivity index (χ0) is 13.3. The predicted molar refractivity (Wildman–Crippen MR) is 72.5 cm³/mol. The maximum Gasteiger partial charge on any atom is 0.419 e. The van der Waals surface area contributed by atoms with Crippen molar-refractivity contribution in [1.82, 2.24) is 4.57 Å². The Morgan fingerprint density at radius 1 is 1.33 bits per heavy atom. The Kier molecular flexibility index (Phi) is 3.57. The van der Waals surface area contributed by atoms with E-state index in [4.69, 9.17) is 10.2 Å². The van der Waals surface area contributed by atoms with Gasteiger partial charge in [0.1, 0.15) is 0 Å². The van der Waals surface area contributed by atoms with Gasteiger partial charge in [-0.1, -0.05) is 19.9 Å². The first-order valence-electron chi connectivity index (χ1n) is 6.34. The minimum absolute atomic E-state index is 0.00214. The maximum atomic E-state index is 11.4. The molecular formula is C14H20N2O2. The van der Waals surface area contributed by atoms with Crippen LogP contribution in [-0.2, 0) is 7.05 Å². The van der Waals surface area contributed by atoms with E-state index < -0.39 is 0 Å². The van der Waals surface area contributed by atoms with Crippen molar-refractivity contribution < 1.29 is 4.42 Å². The summed E-state index contributed by atoms with van der Waals surface area (Å²) in [4.78, 5) is 11.4. The molecule has 0 aliphatic carbocycles. The van der Waals surface area contributed by atoms with E-state index in [9.17, 15) is 4.79 Å². The second-order valence-corrected chi connectivity index (χ2v) is 5.23. The van der Waals surface area contributed by atoms with Crippen molar-refractivity contribution in [3.63, 3.8) is 0 Å². The first kappa shape index (κ1) is 12.9. The Morgan fingerprint density at radius 3 is 2.72 bits per heavy atom. The predicted octanol–water partition coefficient (Wildman–Crippen LogP) is 2.57. The molecule has 1 aromatic heterocycles. The van der Waals surface area contributed by atoms with Crippen LogP contribution in [0.3, 0.4) is 0 Å². The van der Waals surface area contributed by atoms with Gasteiger partial charge in [0, 0.05) is 13.1 Å². The van der Waals surface area contributed by atoms with Crippen LogP contribution in [0.4, 0.5) is 0 Å². The van der Waals surface area contributed by atoms with Crippen molar-refractivity contribution in [2.75, 3.05) is 0 Å². The number of hydrogen-bond acceptors (Lipinski definition) is 3. The third-order valence-electron chi connectivity index (χ3n) is 3.30. The number of nitrogens with two attached hydrogens (primary N) is 1. The second kappa shape index (κ2) is 4.98. The maximum absolute atomic E-state index is 11.4.